The molecular formula is C13H18N4O2S. The third-order valence-electron chi connectivity index (χ3n) is 3.03. The minimum Gasteiger partial charge on any atom is -0.384 e. The van der Waals surface area contributed by atoms with E-state index >= 15 is 0 Å². The largest absolute Gasteiger partial charge is 0.384 e. The number of aromatic nitrogens is 3. The lowest BCUT2D eigenvalue weighted by atomic mass is 9.99. The van der Waals surface area contributed by atoms with Gasteiger partial charge >= 0.3 is 0 Å². The van der Waals surface area contributed by atoms with E-state index in [2.05, 4.69) is 15.4 Å². The number of rotatable bonds is 7. The van der Waals surface area contributed by atoms with E-state index in [-0.39, 0.29) is 12.5 Å². The van der Waals surface area contributed by atoms with Gasteiger partial charge in [0.15, 0.2) is 0 Å². The molecule has 6 nitrogen and oxygen atoms in total. The lowest BCUT2D eigenvalue weighted by Gasteiger charge is -2.22. The van der Waals surface area contributed by atoms with E-state index in [0.29, 0.717) is 19.4 Å². The standard InChI is InChI=1S/C13H18N4O2S/c1-13(19,11-4-6-20-7-11)8-15-12(18)3-2-5-17-10-14-9-16-17/h4,6-7,9-10,19H,2-3,5,8H2,1H3,(H,15,18). The number of hydrogen-bond donors (Lipinski definition) is 2. The molecule has 0 saturated carbocycles. The summed E-state index contributed by atoms with van der Waals surface area (Å²) >= 11 is 1.52. The Balaban J connectivity index is 1.69. The Kier molecular flexibility index (Phi) is 4.86. The lowest BCUT2D eigenvalue weighted by molar-refractivity contribution is -0.122. The molecule has 0 bridgehead atoms. The summed E-state index contributed by atoms with van der Waals surface area (Å²) in [6.45, 7) is 2.57. The van der Waals surface area contributed by atoms with Gasteiger partial charge in [-0.2, -0.15) is 16.4 Å². The van der Waals surface area contributed by atoms with E-state index in [4.69, 9.17) is 0 Å². The van der Waals surface area contributed by atoms with Crippen LogP contribution in [0.3, 0.4) is 0 Å². The molecule has 2 aromatic rings. The molecule has 108 valence electrons. The van der Waals surface area contributed by atoms with Crippen LogP contribution in [0.1, 0.15) is 25.3 Å². The monoisotopic (exact) mass is 294 g/mol. The zero-order valence-corrected chi connectivity index (χ0v) is 12.1. The van der Waals surface area contributed by atoms with Crippen LogP contribution in [0.15, 0.2) is 29.5 Å². The predicted octanol–water partition coefficient (Wildman–Crippen LogP) is 1.14. The average molecular weight is 294 g/mol. The molecule has 1 atom stereocenters. The maximum absolute atomic E-state index is 11.7. The first kappa shape index (κ1) is 14.7. The van der Waals surface area contributed by atoms with Crippen LogP contribution in [0.4, 0.5) is 0 Å². The minimum atomic E-state index is -1.03. The van der Waals surface area contributed by atoms with E-state index in [9.17, 15) is 9.90 Å². The van der Waals surface area contributed by atoms with Gasteiger partial charge in [-0.15, -0.1) is 0 Å². The number of nitrogens with one attached hydrogen (secondary N) is 1. The van der Waals surface area contributed by atoms with Crippen LogP contribution in [-0.4, -0.2) is 32.3 Å². The summed E-state index contributed by atoms with van der Waals surface area (Å²) < 4.78 is 1.69. The molecule has 1 unspecified atom stereocenters. The maximum Gasteiger partial charge on any atom is 0.220 e. The number of aliphatic hydroxyl groups is 1. The fourth-order valence-electron chi connectivity index (χ4n) is 1.78. The summed E-state index contributed by atoms with van der Waals surface area (Å²) in [5, 5.41) is 20.8. The second-order valence-corrected chi connectivity index (χ2v) is 5.60. The van der Waals surface area contributed by atoms with E-state index < -0.39 is 5.60 Å². The van der Waals surface area contributed by atoms with Gasteiger partial charge in [-0.25, -0.2) is 4.98 Å². The molecule has 2 N–H and O–H groups in total. The zero-order chi connectivity index (χ0) is 14.4. The Morgan fingerprint density at radius 2 is 2.45 bits per heavy atom. The van der Waals surface area contributed by atoms with Gasteiger partial charge in [-0.05, 0) is 35.7 Å². The van der Waals surface area contributed by atoms with Crippen LogP contribution in [0, 0.1) is 0 Å². The van der Waals surface area contributed by atoms with Gasteiger partial charge < -0.3 is 10.4 Å². The summed E-state index contributed by atoms with van der Waals surface area (Å²) in [4.78, 5) is 15.6. The second-order valence-electron chi connectivity index (χ2n) is 4.82. The van der Waals surface area contributed by atoms with Crippen molar-refractivity contribution < 1.29 is 9.90 Å². The fourth-order valence-corrected chi connectivity index (χ4v) is 2.56. The van der Waals surface area contributed by atoms with Crippen molar-refractivity contribution in [3.8, 4) is 0 Å². The van der Waals surface area contributed by atoms with E-state index in [1.54, 1.807) is 17.9 Å². The van der Waals surface area contributed by atoms with E-state index in [1.807, 2.05) is 16.8 Å². The Labute approximate surface area is 121 Å². The van der Waals surface area contributed by atoms with Crippen molar-refractivity contribution in [3.05, 3.63) is 35.0 Å². The van der Waals surface area contributed by atoms with Crippen molar-refractivity contribution in [2.75, 3.05) is 6.54 Å². The highest BCUT2D eigenvalue weighted by atomic mass is 32.1. The van der Waals surface area contributed by atoms with Crippen molar-refractivity contribution in [3.63, 3.8) is 0 Å². The molecule has 0 aliphatic heterocycles. The molecule has 2 heterocycles. The zero-order valence-electron chi connectivity index (χ0n) is 11.3. The van der Waals surface area contributed by atoms with Gasteiger partial charge in [0, 0.05) is 13.0 Å². The molecule has 0 spiro atoms. The summed E-state index contributed by atoms with van der Waals surface area (Å²) in [6.07, 6.45) is 4.19. The highest BCUT2D eigenvalue weighted by Gasteiger charge is 2.23. The highest BCUT2D eigenvalue weighted by Crippen LogP contribution is 2.21. The van der Waals surface area contributed by atoms with Crippen molar-refractivity contribution in [2.24, 2.45) is 0 Å². The second kappa shape index (κ2) is 6.62. The number of nitrogens with zero attached hydrogens (tertiary/aromatic N) is 3. The van der Waals surface area contributed by atoms with Crippen LogP contribution in [0.25, 0.3) is 0 Å². The van der Waals surface area contributed by atoms with Crippen LogP contribution in [-0.2, 0) is 16.9 Å². The quantitative estimate of drug-likeness (QED) is 0.802. The van der Waals surface area contributed by atoms with Crippen molar-refractivity contribution in [2.45, 2.75) is 31.9 Å². The first-order valence-electron chi connectivity index (χ1n) is 6.42. The Bertz CT molecular complexity index is 523. The molecule has 0 radical (unpaired) electrons. The first-order valence-corrected chi connectivity index (χ1v) is 7.36. The minimum absolute atomic E-state index is 0.0689. The Morgan fingerprint density at radius 1 is 1.60 bits per heavy atom. The molecule has 0 saturated heterocycles. The number of aryl methyl sites for hydroxylation is 1. The van der Waals surface area contributed by atoms with Crippen molar-refractivity contribution in [1.82, 2.24) is 20.1 Å². The first-order chi connectivity index (χ1) is 9.58. The number of thiophene rings is 1. The molecule has 0 fully saturated rings. The fraction of sp³-hybridized carbons (Fsp3) is 0.462. The van der Waals surface area contributed by atoms with Crippen LogP contribution >= 0.6 is 11.3 Å². The summed E-state index contributed by atoms with van der Waals surface area (Å²) in [7, 11) is 0. The molecular weight excluding hydrogens is 276 g/mol. The molecule has 20 heavy (non-hydrogen) atoms. The summed E-state index contributed by atoms with van der Waals surface area (Å²) in [5.74, 6) is -0.0689. The third kappa shape index (κ3) is 4.14. The molecule has 0 aliphatic rings. The predicted molar refractivity (Wildman–Crippen MR) is 76.2 cm³/mol. The number of carbonyl (C=O) groups excluding carboxylic acids is 1. The molecule has 7 heteroatoms. The molecule has 2 rings (SSSR count). The van der Waals surface area contributed by atoms with Crippen molar-refractivity contribution in [1.29, 1.82) is 0 Å². The van der Waals surface area contributed by atoms with Crippen LogP contribution < -0.4 is 5.32 Å². The van der Waals surface area contributed by atoms with Gasteiger partial charge in [-0.3, -0.25) is 9.48 Å². The van der Waals surface area contributed by atoms with E-state index in [0.717, 1.165) is 5.56 Å². The van der Waals surface area contributed by atoms with Crippen molar-refractivity contribution >= 4 is 17.2 Å². The lowest BCUT2D eigenvalue weighted by Crippen LogP contribution is -2.38. The highest BCUT2D eigenvalue weighted by molar-refractivity contribution is 7.08. The van der Waals surface area contributed by atoms with Gasteiger partial charge in [0.25, 0.3) is 0 Å². The van der Waals surface area contributed by atoms with Crippen LogP contribution in [0.2, 0.25) is 0 Å². The Morgan fingerprint density at radius 3 is 3.10 bits per heavy atom. The van der Waals surface area contributed by atoms with Gasteiger partial charge in [0.2, 0.25) is 5.91 Å². The van der Waals surface area contributed by atoms with Gasteiger partial charge in [-0.1, -0.05) is 0 Å². The van der Waals surface area contributed by atoms with Gasteiger partial charge in [0.05, 0.1) is 6.54 Å². The normalized spacial score (nSPS) is 13.9. The third-order valence-corrected chi connectivity index (χ3v) is 3.71. The molecule has 0 aliphatic carbocycles. The number of hydrogen-bond acceptors (Lipinski definition) is 5. The SMILES string of the molecule is CC(O)(CNC(=O)CCCn1cncn1)c1ccsc1. The molecule has 0 aromatic carbocycles. The van der Waals surface area contributed by atoms with Crippen LogP contribution in [0.5, 0.6) is 0 Å². The molecule has 1 amide bonds. The van der Waals surface area contributed by atoms with E-state index in [1.165, 1.54) is 17.7 Å². The topological polar surface area (TPSA) is 80.0 Å². The Hall–Kier alpha value is -1.73. The summed E-state index contributed by atoms with van der Waals surface area (Å²) in [6, 6.07) is 1.86. The average Bonchev–Trinajstić information content (AvgIpc) is 3.09. The number of amides is 1. The number of carbonyl (C=O) groups is 1. The molecule has 2 aromatic heterocycles. The maximum atomic E-state index is 11.7. The van der Waals surface area contributed by atoms with Gasteiger partial charge in [0.1, 0.15) is 18.3 Å². The summed E-state index contributed by atoms with van der Waals surface area (Å²) in [5.41, 5.74) is -0.202. The smallest absolute Gasteiger partial charge is 0.220 e.